The van der Waals surface area contributed by atoms with Crippen LogP contribution in [-0.4, -0.2) is 0 Å². The monoisotopic (exact) mass is 613 g/mol. The van der Waals surface area contributed by atoms with Crippen LogP contribution in [0.1, 0.15) is 0 Å². The maximum Gasteiger partial charge on any atom is 0.143 e. The Morgan fingerprint density at radius 3 is 1.60 bits per heavy atom. The van der Waals surface area contributed by atoms with Gasteiger partial charge >= 0.3 is 0 Å². The minimum atomic E-state index is 0.889. The van der Waals surface area contributed by atoms with E-state index >= 15 is 0 Å². The van der Waals surface area contributed by atoms with E-state index in [-0.39, 0.29) is 0 Å². The second-order valence-corrected chi connectivity index (χ2v) is 12.2. The Balaban J connectivity index is 1.24. The van der Waals surface area contributed by atoms with Crippen LogP contribution in [0.4, 0.5) is 17.1 Å². The van der Waals surface area contributed by atoms with Crippen LogP contribution in [0.2, 0.25) is 0 Å². The fourth-order valence-electron chi connectivity index (χ4n) is 6.92. The number of fused-ring (bicyclic) bond motifs is 4. The highest BCUT2D eigenvalue weighted by Crippen LogP contribution is 2.44. The predicted molar refractivity (Wildman–Crippen MR) is 202 cm³/mol. The molecule has 0 saturated heterocycles. The molecule has 0 unspecified atom stereocenters. The summed E-state index contributed by atoms with van der Waals surface area (Å²) in [6.07, 6.45) is 0. The molecule has 48 heavy (non-hydrogen) atoms. The van der Waals surface area contributed by atoms with Gasteiger partial charge in [0.05, 0.1) is 0 Å². The molecule has 2 heteroatoms. The highest BCUT2D eigenvalue weighted by Gasteiger charge is 2.20. The molecular weight excluding hydrogens is 583 g/mol. The number of benzene rings is 8. The maximum absolute atomic E-state index is 6.53. The van der Waals surface area contributed by atoms with Gasteiger partial charge in [0.2, 0.25) is 0 Å². The number of hydrogen-bond donors (Lipinski definition) is 0. The summed E-state index contributed by atoms with van der Waals surface area (Å²) in [5, 5.41) is 4.71. The van der Waals surface area contributed by atoms with Crippen molar-refractivity contribution in [2.24, 2.45) is 0 Å². The quantitative estimate of drug-likeness (QED) is 0.185. The molecule has 0 aliphatic rings. The van der Waals surface area contributed by atoms with Crippen LogP contribution >= 0.6 is 0 Å². The fourth-order valence-corrected chi connectivity index (χ4v) is 6.92. The van der Waals surface area contributed by atoms with E-state index in [1.807, 2.05) is 6.07 Å². The molecule has 0 bridgehead atoms. The molecule has 0 saturated carbocycles. The molecule has 9 rings (SSSR count). The molecule has 0 aliphatic heterocycles. The van der Waals surface area contributed by atoms with Crippen LogP contribution in [0, 0.1) is 0 Å². The average Bonchev–Trinajstić information content (AvgIpc) is 3.54. The highest BCUT2D eigenvalue weighted by atomic mass is 16.3. The predicted octanol–water partition coefficient (Wildman–Crippen LogP) is 13.2. The van der Waals surface area contributed by atoms with Gasteiger partial charge in [-0.2, -0.15) is 0 Å². The third kappa shape index (κ3) is 4.92. The van der Waals surface area contributed by atoms with Crippen molar-refractivity contribution >= 4 is 49.8 Å². The lowest BCUT2D eigenvalue weighted by atomic mass is 9.97. The van der Waals surface area contributed by atoms with E-state index in [0.29, 0.717) is 0 Å². The molecule has 1 heterocycles. The first-order valence-electron chi connectivity index (χ1n) is 16.3. The van der Waals surface area contributed by atoms with Crippen molar-refractivity contribution in [2.75, 3.05) is 4.90 Å². The molecule has 2 nitrogen and oxygen atoms in total. The first-order chi connectivity index (χ1) is 23.8. The van der Waals surface area contributed by atoms with E-state index in [2.05, 4.69) is 187 Å². The van der Waals surface area contributed by atoms with Crippen LogP contribution in [0.25, 0.3) is 66.1 Å². The number of hydrogen-bond acceptors (Lipinski definition) is 2. The Bertz CT molecular complexity index is 2530. The average molecular weight is 614 g/mol. The van der Waals surface area contributed by atoms with Crippen molar-refractivity contribution in [2.45, 2.75) is 0 Å². The van der Waals surface area contributed by atoms with Gasteiger partial charge in [0, 0.05) is 33.4 Å². The fraction of sp³-hybridized carbons (Fsp3) is 0. The van der Waals surface area contributed by atoms with Crippen LogP contribution in [-0.2, 0) is 0 Å². The summed E-state index contributed by atoms with van der Waals surface area (Å²) in [4.78, 5) is 2.36. The minimum absolute atomic E-state index is 0.889. The van der Waals surface area contributed by atoms with Crippen molar-refractivity contribution < 1.29 is 4.42 Å². The zero-order valence-corrected chi connectivity index (χ0v) is 26.3. The summed E-state index contributed by atoms with van der Waals surface area (Å²) in [6, 6.07) is 66.9. The van der Waals surface area contributed by atoms with Gasteiger partial charge in [-0.05, 0) is 81.1 Å². The number of para-hydroxylation sites is 1. The molecule has 0 N–H and O–H groups in total. The zero-order valence-electron chi connectivity index (χ0n) is 26.3. The summed E-state index contributed by atoms with van der Waals surface area (Å²) < 4.78 is 6.53. The van der Waals surface area contributed by atoms with Crippen LogP contribution < -0.4 is 4.90 Å². The summed E-state index contributed by atoms with van der Waals surface area (Å²) >= 11 is 0. The molecule has 0 spiro atoms. The van der Waals surface area contributed by atoms with Gasteiger partial charge in [0.15, 0.2) is 0 Å². The van der Waals surface area contributed by atoms with E-state index in [4.69, 9.17) is 4.42 Å². The van der Waals surface area contributed by atoms with E-state index in [9.17, 15) is 0 Å². The lowest BCUT2D eigenvalue weighted by Crippen LogP contribution is -2.10. The van der Waals surface area contributed by atoms with E-state index in [1.54, 1.807) is 0 Å². The molecule has 0 radical (unpaired) electrons. The molecule has 0 atom stereocenters. The van der Waals surface area contributed by atoms with Crippen molar-refractivity contribution in [3.05, 3.63) is 188 Å². The summed E-state index contributed by atoms with van der Waals surface area (Å²) in [7, 11) is 0. The molecule has 8 aromatic carbocycles. The van der Waals surface area contributed by atoms with Gasteiger partial charge in [0.1, 0.15) is 11.2 Å². The van der Waals surface area contributed by atoms with Gasteiger partial charge < -0.3 is 9.32 Å². The normalized spacial score (nSPS) is 11.3. The van der Waals surface area contributed by atoms with Gasteiger partial charge in [-0.1, -0.05) is 146 Å². The van der Waals surface area contributed by atoms with Gasteiger partial charge in [-0.15, -0.1) is 0 Å². The SMILES string of the molecule is c1ccc(-c2ccc(N(c3ccc(-c4cccc5ccccc45)cc3)c3cc(-c4ccccc4)c4oc5ccccc5c4c3)cc2)cc1. The Morgan fingerprint density at radius 1 is 0.333 bits per heavy atom. The van der Waals surface area contributed by atoms with Crippen molar-refractivity contribution in [3.8, 4) is 33.4 Å². The highest BCUT2D eigenvalue weighted by molar-refractivity contribution is 6.11. The molecule has 0 fully saturated rings. The van der Waals surface area contributed by atoms with Crippen molar-refractivity contribution in [3.63, 3.8) is 0 Å². The second-order valence-electron chi connectivity index (χ2n) is 12.2. The summed E-state index contributed by atoms with van der Waals surface area (Å²) in [6.45, 7) is 0. The van der Waals surface area contributed by atoms with E-state index in [0.717, 1.165) is 50.1 Å². The zero-order chi connectivity index (χ0) is 31.9. The Labute approximate surface area is 279 Å². The Hall–Kier alpha value is -6.38. The Morgan fingerprint density at radius 2 is 0.875 bits per heavy atom. The lowest BCUT2D eigenvalue weighted by Gasteiger charge is -2.27. The van der Waals surface area contributed by atoms with Crippen LogP contribution in [0.5, 0.6) is 0 Å². The molecule has 226 valence electrons. The number of nitrogens with zero attached hydrogens (tertiary/aromatic N) is 1. The second kappa shape index (κ2) is 11.8. The third-order valence-corrected chi connectivity index (χ3v) is 9.26. The smallest absolute Gasteiger partial charge is 0.143 e. The van der Waals surface area contributed by atoms with Gasteiger partial charge in [-0.3, -0.25) is 0 Å². The van der Waals surface area contributed by atoms with Crippen LogP contribution in [0.3, 0.4) is 0 Å². The maximum atomic E-state index is 6.53. The van der Waals surface area contributed by atoms with Crippen molar-refractivity contribution in [1.29, 1.82) is 0 Å². The summed E-state index contributed by atoms with van der Waals surface area (Å²) in [5.41, 5.74) is 12.0. The largest absolute Gasteiger partial charge is 0.455 e. The van der Waals surface area contributed by atoms with Gasteiger partial charge in [-0.25, -0.2) is 0 Å². The number of anilines is 3. The number of rotatable bonds is 6. The molecule has 0 amide bonds. The van der Waals surface area contributed by atoms with Crippen LogP contribution in [0.15, 0.2) is 192 Å². The lowest BCUT2D eigenvalue weighted by molar-refractivity contribution is 0.670. The minimum Gasteiger partial charge on any atom is -0.455 e. The molecule has 9 aromatic rings. The Kier molecular flexibility index (Phi) is 6.84. The summed E-state index contributed by atoms with van der Waals surface area (Å²) in [5.74, 6) is 0. The van der Waals surface area contributed by atoms with Gasteiger partial charge in [0.25, 0.3) is 0 Å². The molecule has 0 aliphatic carbocycles. The first kappa shape index (κ1) is 27.9. The topological polar surface area (TPSA) is 16.4 Å². The van der Waals surface area contributed by atoms with E-state index < -0.39 is 0 Å². The van der Waals surface area contributed by atoms with E-state index in [1.165, 1.54) is 33.0 Å². The first-order valence-corrected chi connectivity index (χ1v) is 16.3. The molecule has 1 aromatic heterocycles. The standard InChI is InChI=1S/C46H31NO/c1-3-12-32(13-4-1)33-22-26-37(27-23-33)47(38-28-24-36(25-29-38)41-20-11-17-34-16-7-8-18-40(34)41)39-30-43(35-14-5-2-6-15-35)46-44(31-39)42-19-9-10-21-45(42)48-46/h1-31H. The third-order valence-electron chi connectivity index (χ3n) is 9.26. The molecular formula is C46H31NO. The van der Waals surface area contributed by atoms with Crippen molar-refractivity contribution in [1.82, 2.24) is 0 Å². The number of furan rings is 1.